The average Bonchev–Trinajstić information content (AvgIpc) is 3.39. The molecule has 6 heterocycles. The van der Waals surface area contributed by atoms with Crippen molar-refractivity contribution in [1.29, 1.82) is 5.26 Å². The summed E-state index contributed by atoms with van der Waals surface area (Å²) in [5.41, 5.74) is -1.28. The van der Waals surface area contributed by atoms with E-state index in [1.54, 1.807) is 0 Å². The van der Waals surface area contributed by atoms with Crippen molar-refractivity contribution in [3.63, 3.8) is 0 Å². The number of hydrogen-bond donors (Lipinski definition) is 2. The predicted octanol–water partition coefficient (Wildman–Crippen LogP) is 6.72. The number of rotatable bonds is 4. The molecule has 4 saturated heterocycles. The van der Waals surface area contributed by atoms with Crippen LogP contribution >= 0.6 is 0 Å². The van der Waals surface area contributed by atoms with Gasteiger partial charge in [-0.25, -0.2) is 17.6 Å². The Morgan fingerprint density at radius 1 is 1.14 bits per heavy atom. The zero-order valence-corrected chi connectivity index (χ0v) is 27.7. The molecule has 1 aromatic heterocycles. The third kappa shape index (κ3) is 4.51. The summed E-state index contributed by atoms with van der Waals surface area (Å²) in [4.78, 5) is 13.2. The van der Waals surface area contributed by atoms with Crippen molar-refractivity contribution in [2.24, 2.45) is 5.41 Å². The van der Waals surface area contributed by atoms with Crippen LogP contribution in [0.4, 0.5) is 42.2 Å². The molecule has 1 saturated carbocycles. The SMILES string of the molecule is C=C1C[C@@H]2[C@@H]3CC[C@H](CN2c2nc(OC[C@@]45CCCN4C[C@@]4(CC4(F)F)C5)nc4c(F)c(-c5c(F)c(N)cc(C)c5C(F)(F)F)c(C#N)c1c24)N3. The molecule has 1 spiro atoms. The number of nitrogens with one attached hydrogen (secondary N) is 1. The van der Waals surface area contributed by atoms with E-state index >= 15 is 8.78 Å². The number of nitrogens with zero attached hydrogens (tertiary/aromatic N) is 5. The van der Waals surface area contributed by atoms with Crippen molar-refractivity contribution in [2.75, 3.05) is 36.9 Å². The number of anilines is 2. The Morgan fingerprint density at radius 2 is 1.90 bits per heavy atom. The van der Waals surface area contributed by atoms with Crippen LogP contribution in [0.15, 0.2) is 12.6 Å². The summed E-state index contributed by atoms with van der Waals surface area (Å²) in [6.45, 7) is 6.59. The Bertz CT molecular complexity index is 2110. The number of ether oxygens (including phenoxy) is 1. The highest BCUT2D eigenvalue weighted by Crippen LogP contribution is 2.69. The molecule has 15 heteroatoms. The number of piperazine rings is 1. The number of aromatic nitrogens is 2. The monoisotopic (exact) mass is 713 g/mol. The highest BCUT2D eigenvalue weighted by molar-refractivity contribution is 6.06. The number of halogens is 7. The lowest BCUT2D eigenvalue weighted by Crippen LogP contribution is -2.58. The summed E-state index contributed by atoms with van der Waals surface area (Å²) in [5, 5.41) is 14.2. The molecule has 1 aliphatic carbocycles. The Labute approximate surface area is 288 Å². The van der Waals surface area contributed by atoms with Crippen LogP contribution in [0.25, 0.3) is 27.6 Å². The maximum atomic E-state index is 17.3. The highest BCUT2D eigenvalue weighted by atomic mass is 19.4. The van der Waals surface area contributed by atoms with Crippen LogP contribution in [-0.4, -0.2) is 70.7 Å². The van der Waals surface area contributed by atoms with Crippen LogP contribution in [0.2, 0.25) is 0 Å². The largest absolute Gasteiger partial charge is 0.461 e. The molecule has 5 atom stereocenters. The number of benzene rings is 2. The van der Waals surface area contributed by atoms with Gasteiger partial charge in [-0.15, -0.1) is 0 Å². The van der Waals surface area contributed by atoms with Gasteiger partial charge in [0.2, 0.25) is 0 Å². The maximum absolute atomic E-state index is 17.3. The summed E-state index contributed by atoms with van der Waals surface area (Å²) >= 11 is 0. The molecule has 2 aromatic carbocycles. The molecule has 6 aliphatic rings. The van der Waals surface area contributed by atoms with Crippen molar-refractivity contribution in [3.8, 4) is 23.2 Å². The van der Waals surface area contributed by atoms with Crippen molar-refractivity contribution in [1.82, 2.24) is 20.2 Å². The van der Waals surface area contributed by atoms with Gasteiger partial charge < -0.3 is 20.7 Å². The number of hydrogen-bond acceptors (Lipinski definition) is 8. The first-order valence-corrected chi connectivity index (χ1v) is 17.2. The van der Waals surface area contributed by atoms with Crippen LogP contribution in [0.3, 0.4) is 0 Å². The van der Waals surface area contributed by atoms with E-state index < -0.39 is 73.7 Å². The van der Waals surface area contributed by atoms with E-state index in [-0.39, 0.29) is 73.3 Å². The van der Waals surface area contributed by atoms with Gasteiger partial charge in [-0.2, -0.15) is 28.4 Å². The van der Waals surface area contributed by atoms with Crippen LogP contribution in [-0.2, 0) is 6.18 Å². The van der Waals surface area contributed by atoms with Gasteiger partial charge in [0.1, 0.15) is 24.0 Å². The molecule has 3 N–H and O–H groups in total. The lowest BCUT2D eigenvalue weighted by atomic mass is 9.84. The molecule has 5 aliphatic heterocycles. The predicted molar refractivity (Wildman–Crippen MR) is 174 cm³/mol. The zero-order chi connectivity index (χ0) is 36.0. The first-order valence-electron chi connectivity index (χ1n) is 17.2. The lowest BCUT2D eigenvalue weighted by molar-refractivity contribution is -0.137. The minimum atomic E-state index is -5.15. The number of fused-ring (bicyclic) bond motifs is 6. The highest BCUT2D eigenvalue weighted by Gasteiger charge is 2.77. The molecule has 9 rings (SSSR count). The Balaban J connectivity index is 1.27. The number of nitrogen functional groups attached to an aromatic ring is 1. The standard InChI is InChI=1S/C36H34F7N7O/c1-16-9-22-21-5-4-18(46-21)11-50(22)31-26-23(16)19(10-44)24(25-27(36(41,42)43)17(2)8-20(45)28(25)37)29(38)30(26)47-32(48-31)51-15-34-6-3-7-49(34)14-33(12-34)13-35(33,39)40/h8,18,21-22,46H,1,3-7,9,11-15,45H2,2H3/t18-,21+,22-,33+,34+/m1/s1. The number of nitrogens with two attached hydrogens (primary N) is 1. The third-order valence-corrected chi connectivity index (χ3v) is 12.4. The van der Waals surface area contributed by atoms with Gasteiger partial charge in [0.15, 0.2) is 11.6 Å². The van der Waals surface area contributed by atoms with Crippen molar-refractivity contribution >= 4 is 28.0 Å². The van der Waals surface area contributed by atoms with Crippen LogP contribution < -0.4 is 20.7 Å². The first-order chi connectivity index (χ1) is 24.1. The van der Waals surface area contributed by atoms with Crippen LogP contribution in [0, 0.1) is 35.3 Å². The molecule has 3 aromatic rings. The van der Waals surface area contributed by atoms with E-state index in [1.807, 2.05) is 15.9 Å². The van der Waals surface area contributed by atoms with Crippen molar-refractivity contribution < 1.29 is 35.5 Å². The summed E-state index contributed by atoms with van der Waals surface area (Å²) < 4.78 is 113. The van der Waals surface area contributed by atoms with E-state index in [2.05, 4.69) is 16.9 Å². The van der Waals surface area contributed by atoms with Gasteiger partial charge in [0.05, 0.1) is 33.2 Å². The summed E-state index contributed by atoms with van der Waals surface area (Å²) in [6.07, 6.45) is -1.76. The van der Waals surface area contributed by atoms with E-state index in [0.29, 0.717) is 25.1 Å². The van der Waals surface area contributed by atoms with Gasteiger partial charge in [-0.05, 0) is 69.2 Å². The fraction of sp³-hybridized carbons (Fsp3) is 0.528. The fourth-order valence-corrected chi connectivity index (χ4v) is 10.1. The van der Waals surface area contributed by atoms with Gasteiger partial charge in [-0.1, -0.05) is 6.58 Å². The van der Waals surface area contributed by atoms with E-state index in [9.17, 15) is 27.2 Å². The summed E-state index contributed by atoms with van der Waals surface area (Å²) in [5.74, 6) is -5.42. The Morgan fingerprint density at radius 3 is 2.61 bits per heavy atom. The second-order valence-corrected chi connectivity index (χ2v) is 15.4. The molecular weight excluding hydrogens is 679 g/mol. The van der Waals surface area contributed by atoms with Crippen molar-refractivity contribution in [2.45, 2.75) is 87.6 Å². The molecule has 0 amide bonds. The second-order valence-electron chi connectivity index (χ2n) is 15.4. The van der Waals surface area contributed by atoms with Gasteiger partial charge >= 0.3 is 12.2 Å². The molecule has 0 unspecified atom stereocenters. The van der Waals surface area contributed by atoms with E-state index in [0.717, 1.165) is 32.3 Å². The van der Waals surface area contributed by atoms with Gasteiger partial charge in [0, 0.05) is 54.3 Å². The Kier molecular flexibility index (Phi) is 6.72. The first kappa shape index (κ1) is 32.7. The molecule has 268 valence electrons. The molecule has 0 radical (unpaired) electrons. The van der Waals surface area contributed by atoms with E-state index in [4.69, 9.17) is 15.5 Å². The van der Waals surface area contributed by atoms with Crippen molar-refractivity contribution in [3.05, 3.63) is 46.5 Å². The fourth-order valence-electron chi connectivity index (χ4n) is 10.1. The smallest absolute Gasteiger partial charge is 0.417 e. The number of aryl methyl sites for hydroxylation is 1. The molecular formula is C36H34F7N7O. The van der Waals surface area contributed by atoms with Crippen LogP contribution in [0.1, 0.15) is 67.2 Å². The van der Waals surface area contributed by atoms with Gasteiger partial charge in [0.25, 0.3) is 5.92 Å². The van der Waals surface area contributed by atoms with Crippen LogP contribution in [0.5, 0.6) is 6.01 Å². The minimum absolute atomic E-state index is 0.0225. The topological polar surface area (TPSA) is 103 Å². The maximum Gasteiger partial charge on any atom is 0.417 e. The minimum Gasteiger partial charge on any atom is -0.461 e. The molecule has 8 nitrogen and oxygen atoms in total. The summed E-state index contributed by atoms with van der Waals surface area (Å²) in [6, 6.07) is 2.21. The Hall–Kier alpha value is -4.16. The summed E-state index contributed by atoms with van der Waals surface area (Å²) in [7, 11) is 0. The molecule has 51 heavy (non-hydrogen) atoms. The lowest BCUT2D eigenvalue weighted by Gasteiger charge is -2.41. The van der Waals surface area contributed by atoms with Gasteiger partial charge in [-0.3, -0.25) is 4.90 Å². The molecule has 5 fully saturated rings. The number of alkyl halides is 5. The normalized spacial score (nSPS) is 30.5. The number of nitriles is 1. The average molecular weight is 714 g/mol. The van der Waals surface area contributed by atoms with E-state index in [1.165, 1.54) is 0 Å². The quantitative estimate of drug-likeness (QED) is 0.227. The molecule has 2 bridgehead atoms. The third-order valence-electron chi connectivity index (χ3n) is 12.4. The second kappa shape index (κ2) is 10.5. The zero-order valence-electron chi connectivity index (χ0n) is 27.7.